The van der Waals surface area contributed by atoms with Gasteiger partial charge in [-0.3, -0.25) is 9.59 Å². The van der Waals surface area contributed by atoms with E-state index in [1.807, 2.05) is 61.1 Å². The van der Waals surface area contributed by atoms with Gasteiger partial charge in [0, 0.05) is 41.8 Å². The molecule has 0 bridgehead atoms. The lowest BCUT2D eigenvalue weighted by atomic mass is 9.94. The van der Waals surface area contributed by atoms with Gasteiger partial charge in [0.2, 0.25) is 0 Å². The van der Waals surface area contributed by atoms with Gasteiger partial charge in [-0.1, -0.05) is 61.4 Å². The molecule has 0 spiro atoms. The average Bonchev–Trinajstić information content (AvgIpc) is 3.21. The van der Waals surface area contributed by atoms with E-state index in [2.05, 4.69) is 6.92 Å². The second-order valence-electron chi connectivity index (χ2n) is 7.92. The smallest absolute Gasteiger partial charge is 0.295 e. The van der Waals surface area contributed by atoms with Crippen LogP contribution in [0.15, 0.2) is 60.3 Å². The molecule has 1 amide bonds. The number of amides is 1. The van der Waals surface area contributed by atoms with Gasteiger partial charge in [0.1, 0.15) is 5.76 Å². The number of aryl methyl sites for hydroxylation is 2. The number of unbranched alkanes of at least 4 members (excludes halogenated alkanes) is 1. The van der Waals surface area contributed by atoms with Crippen molar-refractivity contribution in [2.45, 2.75) is 32.7 Å². The third-order valence-corrected chi connectivity index (χ3v) is 5.84. The Balaban J connectivity index is 1.95. The summed E-state index contributed by atoms with van der Waals surface area (Å²) in [6, 6.07) is 14.6. The van der Waals surface area contributed by atoms with Crippen LogP contribution in [0, 0.1) is 6.92 Å². The van der Waals surface area contributed by atoms with Crippen LogP contribution in [-0.2, 0) is 16.6 Å². The van der Waals surface area contributed by atoms with Gasteiger partial charge in [-0.2, -0.15) is 0 Å². The molecule has 0 saturated carbocycles. The SMILES string of the molecule is CCCCN1C(=O)C(=O)/C(=C(/O)c2ccc(C)cc2)C1c1cn(C)c2ccccc12. The van der Waals surface area contributed by atoms with Gasteiger partial charge in [-0.05, 0) is 19.4 Å². The van der Waals surface area contributed by atoms with Gasteiger partial charge >= 0.3 is 0 Å². The van der Waals surface area contributed by atoms with Gasteiger partial charge in [-0.15, -0.1) is 0 Å². The third-order valence-electron chi connectivity index (χ3n) is 5.84. The number of para-hydroxylation sites is 1. The van der Waals surface area contributed by atoms with E-state index in [1.165, 1.54) is 0 Å². The first-order valence-corrected chi connectivity index (χ1v) is 10.3. The van der Waals surface area contributed by atoms with E-state index >= 15 is 0 Å². The molecule has 4 rings (SSSR count). The largest absolute Gasteiger partial charge is 0.507 e. The van der Waals surface area contributed by atoms with Crippen molar-refractivity contribution in [3.63, 3.8) is 0 Å². The van der Waals surface area contributed by atoms with Crippen LogP contribution in [-0.4, -0.2) is 32.8 Å². The van der Waals surface area contributed by atoms with E-state index < -0.39 is 17.7 Å². The van der Waals surface area contributed by atoms with E-state index in [0.717, 1.165) is 34.9 Å². The molecule has 0 aliphatic carbocycles. The molecule has 1 atom stereocenters. The van der Waals surface area contributed by atoms with Crippen molar-refractivity contribution in [2.75, 3.05) is 6.54 Å². The molecule has 1 unspecified atom stereocenters. The molecule has 1 saturated heterocycles. The summed E-state index contributed by atoms with van der Waals surface area (Å²) in [5.41, 5.74) is 3.64. The maximum absolute atomic E-state index is 13.1. The summed E-state index contributed by atoms with van der Waals surface area (Å²) in [5, 5.41) is 12.1. The first-order chi connectivity index (χ1) is 14.4. The lowest BCUT2D eigenvalue weighted by Crippen LogP contribution is -2.30. The summed E-state index contributed by atoms with van der Waals surface area (Å²) in [7, 11) is 1.95. The fourth-order valence-corrected chi connectivity index (χ4v) is 4.22. The lowest BCUT2D eigenvalue weighted by molar-refractivity contribution is -0.139. The Bertz CT molecular complexity index is 1150. The van der Waals surface area contributed by atoms with E-state index in [1.54, 1.807) is 17.0 Å². The highest BCUT2D eigenvalue weighted by Crippen LogP contribution is 2.42. The average molecular weight is 402 g/mol. The molecule has 0 radical (unpaired) electrons. The van der Waals surface area contributed by atoms with Gasteiger partial charge in [0.15, 0.2) is 0 Å². The molecule has 30 heavy (non-hydrogen) atoms. The van der Waals surface area contributed by atoms with Crippen LogP contribution in [0.3, 0.4) is 0 Å². The summed E-state index contributed by atoms with van der Waals surface area (Å²) in [4.78, 5) is 27.7. The number of ketones is 1. The molecule has 1 N–H and O–H groups in total. The Labute approximate surface area is 176 Å². The first kappa shape index (κ1) is 20.0. The zero-order valence-electron chi connectivity index (χ0n) is 17.6. The molecule has 1 aliphatic rings. The number of rotatable bonds is 5. The molecule has 3 aromatic rings. The maximum Gasteiger partial charge on any atom is 0.295 e. The molecule has 1 aromatic heterocycles. The highest BCUT2D eigenvalue weighted by atomic mass is 16.3. The van der Waals surface area contributed by atoms with Crippen LogP contribution >= 0.6 is 0 Å². The molecular formula is C25H26N2O3. The van der Waals surface area contributed by atoms with E-state index in [9.17, 15) is 14.7 Å². The van der Waals surface area contributed by atoms with E-state index in [4.69, 9.17) is 0 Å². The van der Waals surface area contributed by atoms with Crippen molar-refractivity contribution in [3.05, 3.63) is 77.0 Å². The van der Waals surface area contributed by atoms with E-state index in [0.29, 0.717) is 12.1 Å². The minimum absolute atomic E-state index is 0.120. The van der Waals surface area contributed by atoms with Crippen LogP contribution in [0.25, 0.3) is 16.7 Å². The fourth-order valence-electron chi connectivity index (χ4n) is 4.22. The Morgan fingerprint density at radius 3 is 2.47 bits per heavy atom. The zero-order valence-corrected chi connectivity index (χ0v) is 17.6. The molecule has 154 valence electrons. The Kier molecular flexibility index (Phi) is 5.20. The number of aliphatic hydroxyl groups is 1. The minimum Gasteiger partial charge on any atom is -0.507 e. The number of aliphatic hydroxyl groups excluding tert-OH is 1. The Morgan fingerprint density at radius 2 is 1.77 bits per heavy atom. The minimum atomic E-state index is -0.623. The van der Waals surface area contributed by atoms with Crippen LogP contribution in [0.4, 0.5) is 0 Å². The van der Waals surface area contributed by atoms with Crippen LogP contribution in [0.1, 0.15) is 42.5 Å². The molecule has 5 nitrogen and oxygen atoms in total. The van der Waals surface area contributed by atoms with Crippen molar-refractivity contribution in [3.8, 4) is 0 Å². The van der Waals surface area contributed by atoms with Crippen LogP contribution in [0.2, 0.25) is 0 Å². The quantitative estimate of drug-likeness (QED) is 0.382. The summed E-state index contributed by atoms with van der Waals surface area (Å²) in [6.45, 7) is 4.49. The fraction of sp³-hybridized carbons (Fsp3) is 0.280. The standard InChI is InChI=1S/C25H26N2O3/c1-4-5-14-27-22(19-15-26(3)20-9-7-6-8-18(19)20)21(24(29)25(27)30)23(28)17-12-10-16(2)11-13-17/h6-13,15,22,28H,4-5,14H2,1-3H3/b23-21+. The van der Waals surface area contributed by atoms with Gasteiger partial charge in [0.25, 0.3) is 11.7 Å². The van der Waals surface area contributed by atoms with Crippen molar-refractivity contribution < 1.29 is 14.7 Å². The second-order valence-corrected chi connectivity index (χ2v) is 7.92. The molecule has 1 aliphatic heterocycles. The number of benzene rings is 2. The molecule has 2 aromatic carbocycles. The zero-order chi connectivity index (χ0) is 21.4. The molecule has 2 heterocycles. The second kappa shape index (κ2) is 7.82. The summed E-state index contributed by atoms with van der Waals surface area (Å²) in [5.74, 6) is -1.29. The summed E-state index contributed by atoms with van der Waals surface area (Å²) >= 11 is 0. The van der Waals surface area contributed by atoms with Gasteiger partial charge < -0.3 is 14.6 Å². The highest BCUT2D eigenvalue weighted by molar-refractivity contribution is 6.46. The maximum atomic E-state index is 13.1. The number of fused-ring (bicyclic) bond motifs is 1. The van der Waals surface area contributed by atoms with Crippen molar-refractivity contribution in [1.82, 2.24) is 9.47 Å². The third kappa shape index (κ3) is 3.20. The normalized spacial score (nSPS) is 18.5. The number of hydrogen-bond donors (Lipinski definition) is 1. The molecular weight excluding hydrogens is 376 g/mol. The summed E-state index contributed by atoms with van der Waals surface area (Å²) in [6.07, 6.45) is 3.66. The topological polar surface area (TPSA) is 62.5 Å². The molecule has 1 fully saturated rings. The number of Topliss-reactive ketones (excluding diaryl/α,β-unsaturated/α-hetero) is 1. The number of carbonyl (C=O) groups is 2. The van der Waals surface area contributed by atoms with Crippen LogP contribution < -0.4 is 0 Å². The number of aromatic nitrogens is 1. The number of carbonyl (C=O) groups excluding carboxylic acids is 2. The number of hydrogen-bond acceptors (Lipinski definition) is 3. The Morgan fingerprint density at radius 1 is 1.07 bits per heavy atom. The number of likely N-dealkylation sites (tertiary alicyclic amines) is 1. The van der Waals surface area contributed by atoms with E-state index in [-0.39, 0.29) is 11.3 Å². The number of nitrogens with zero attached hydrogens (tertiary/aromatic N) is 2. The van der Waals surface area contributed by atoms with Gasteiger partial charge in [0.05, 0.1) is 11.6 Å². The predicted octanol–water partition coefficient (Wildman–Crippen LogP) is 4.71. The van der Waals surface area contributed by atoms with Crippen molar-refractivity contribution >= 4 is 28.4 Å². The Hall–Kier alpha value is -3.34. The van der Waals surface area contributed by atoms with Crippen molar-refractivity contribution in [2.24, 2.45) is 7.05 Å². The van der Waals surface area contributed by atoms with Crippen LogP contribution in [0.5, 0.6) is 0 Å². The lowest BCUT2D eigenvalue weighted by Gasteiger charge is -2.24. The monoisotopic (exact) mass is 402 g/mol. The van der Waals surface area contributed by atoms with Gasteiger partial charge in [-0.25, -0.2) is 0 Å². The predicted molar refractivity (Wildman–Crippen MR) is 118 cm³/mol. The summed E-state index contributed by atoms with van der Waals surface area (Å²) < 4.78 is 2.00. The highest BCUT2D eigenvalue weighted by Gasteiger charge is 2.46. The first-order valence-electron chi connectivity index (χ1n) is 10.3. The van der Waals surface area contributed by atoms with Crippen molar-refractivity contribution in [1.29, 1.82) is 0 Å². The molecule has 5 heteroatoms.